The summed E-state index contributed by atoms with van der Waals surface area (Å²) in [4.78, 5) is 10.5. The van der Waals surface area contributed by atoms with Gasteiger partial charge < -0.3 is 15.2 Å². The molecule has 2 aromatic rings. The number of nitrogens with one attached hydrogen (secondary N) is 2. The molecule has 1 aromatic carbocycles. The van der Waals surface area contributed by atoms with Gasteiger partial charge in [0, 0.05) is 25.6 Å². The number of rotatable bonds is 3. The summed E-state index contributed by atoms with van der Waals surface area (Å²) in [5.74, 6) is 1.64. The van der Waals surface area contributed by atoms with Crippen molar-refractivity contribution in [2.24, 2.45) is 0 Å². The van der Waals surface area contributed by atoms with Crippen LogP contribution in [0.4, 0.5) is 0 Å². The molecule has 1 aromatic heterocycles. The third-order valence-electron chi connectivity index (χ3n) is 4.10. The minimum atomic E-state index is 0.516. The highest BCUT2D eigenvalue weighted by Crippen LogP contribution is 2.27. The van der Waals surface area contributed by atoms with Crippen molar-refractivity contribution in [1.82, 2.24) is 20.2 Å². The molecule has 0 atom stereocenters. The molecule has 0 spiro atoms. The molecule has 0 saturated carbocycles. The van der Waals surface area contributed by atoms with Crippen molar-refractivity contribution in [2.75, 3.05) is 19.6 Å². The van der Waals surface area contributed by atoms with Gasteiger partial charge in [0.1, 0.15) is 5.82 Å². The van der Waals surface area contributed by atoms with Crippen LogP contribution in [0.3, 0.4) is 0 Å². The van der Waals surface area contributed by atoms with Gasteiger partial charge in [0.05, 0.1) is 11.0 Å². The van der Waals surface area contributed by atoms with Gasteiger partial charge >= 0.3 is 0 Å². The number of hydrogen-bond donors (Lipinski definition) is 2. The molecule has 1 aliphatic heterocycles. The summed E-state index contributed by atoms with van der Waals surface area (Å²) >= 11 is 5.44. The second-order valence-corrected chi connectivity index (χ2v) is 6.02. The fourth-order valence-electron chi connectivity index (χ4n) is 2.87. The molecule has 0 unspecified atom stereocenters. The van der Waals surface area contributed by atoms with E-state index >= 15 is 0 Å². The number of likely N-dealkylation sites (tertiary alicyclic amines) is 1. The molecular weight excluding hydrogens is 280 g/mol. The van der Waals surface area contributed by atoms with Gasteiger partial charge in [-0.05, 0) is 43.6 Å². The van der Waals surface area contributed by atoms with Gasteiger partial charge in [-0.2, -0.15) is 0 Å². The number of thiocarbonyl (C=S) groups is 1. The second kappa shape index (κ2) is 6.43. The van der Waals surface area contributed by atoms with Crippen molar-refractivity contribution in [3.8, 4) is 0 Å². The maximum Gasteiger partial charge on any atom is 0.168 e. The van der Waals surface area contributed by atoms with E-state index in [1.54, 1.807) is 0 Å². The van der Waals surface area contributed by atoms with Crippen LogP contribution in [0.1, 0.15) is 37.9 Å². The Labute approximate surface area is 130 Å². The smallest absolute Gasteiger partial charge is 0.168 e. The van der Waals surface area contributed by atoms with E-state index in [1.165, 1.54) is 0 Å². The first-order valence-corrected chi connectivity index (χ1v) is 8.16. The molecule has 0 aliphatic carbocycles. The quantitative estimate of drug-likeness (QED) is 0.856. The Morgan fingerprint density at radius 3 is 2.86 bits per heavy atom. The zero-order valence-corrected chi connectivity index (χ0v) is 13.2. The van der Waals surface area contributed by atoms with Crippen LogP contribution < -0.4 is 5.32 Å². The molecule has 0 radical (unpaired) electrons. The fourth-order valence-corrected chi connectivity index (χ4v) is 3.15. The lowest BCUT2D eigenvalue weighted by atomic mass is 9.96. The molecule has 3 rings (SSSR count). The molecule has 5 heteroatoms. The second-order valence-electron chi connectivity index (χ2n) is 5.63. The number of aromatic amines is 1. The highest BCUT2D eigenvalue weighted by Gasteiger charge is 2.24. The Kier molecular flexibility index (Phi) is 4.39. The van der Waals surface area contributed by atoms with Gasteiger partial charge in [-0.25, -0.2) is 4.98 Å². The monoisotopic (exact) mass is 302 g/mol. The van der Waals surface area contributed by atoms with Crippen LogP contribution in [-0.2, 0) is 0 Å². The Morgan fingerprint density at radius 1 is 1.38 bits per heavy atom. The largest absolute Gasteiger partial charge is 0.363 e. The Balaban J connectivity index is 1.61. The van der Waals surface area contributed by atoms with Crippen molar-refractivity contribution in [2.45, 2.75) is 32.1 Å². The van der Waals surface area contributed by atoms with Gasteiger partial charge in [0.15, 0.2) is 5.11 Å². The zero-order chi connectivity index (χ0) is 14.7. The number of aromatic nitrogens is 2. The lowest BCUT2D eigenvalue weighted by molar-refractivity contribution is 0.305. The first-order valence-electron chi connectivity index (χ1n) is 7.75. The van der Waals surface area contributed by atoms with Gasteiger partial charge in [-0.3, -0.25) is 0 Å². The first-order chi connectivity index (χ1) is 10.3. The van der Waals surface area contributed by atoms with Crippen molar-refractivity contribution in [1.29, 1.82) is 0 Å². The first kappa shape index (κ1) is 14.3. The van der Waals surface area contributed by atoms with Gasteiger partial charge in [0.2, 0.25) is 0 Å². The molecule has 2 N–H and O–H groups in total. The van der Waals surface area contributed by atoms with Gasteiger partial charge in [-0.15, -0.1) is 0 Å². The zero-order valence-electron chi connectivity index (χ0n) is 12.4. The Bertz CT molecular complexity index is 581. The number of nitrogens with zero attached hydrogens (tertiary/aromatic N) is 2. The number of hydrogen-bond acceptors (Lipinski definition) is 2. The maximum absolute atomic E-state index is 5.44. The van der Waals surface area contributed by atoms with Crippen LogP contribution >= 0.6 is 12.2 Å². The van der Waals surface area contributed by atoms with E-state index in [9.17, 15) is 0 Å². The number of para-hydroxylation sites is 2. The molecule has 0 bridgehead atoms. The normalized spacial score (nSPS) is 16.3. The highest BCUT2D eigenvalue weighted by molar-refractivity contribution is 7.80. The van der Waals surface area contributed by atoms with E-state index in [-0.39, 0.29) is 0 Å². The van der Waals surface area contributed by atoms with Crippen molar-refractivity contribution in [3.05, 3.63) is 30.1 Å². The summed E-state index contributed by atoms with van der Waals surface area (Å²) < 4.78 is 0. The SMILES string of the molecule is CCCNC(=S)N1CCC(c2nc3ccccc3[nH]2)CC1. The predicted octanol–water partition coefficient (Wildman–Crippen LogP) is 3.03. The molecule has 1 saturated heterocycles. The molecule has 0 amide bonds. The number of fused-ring (bicyclic) bond motifs is 1. The Hall–Kier alpha value is -1.62. The summed E-state index contributed by atoms with van der Waals surface area (Å²) in [6.07, 6.45) is 3.32. The van der Waals surface area contributed by atoms with Crippen LogP contribution in [0.5, 0.6) is 0 Å². The minimum absolute atomic E-state index is 0.516. The van der Waals surface area contributed by atoms with E-state index in [0.29, 0.717) is 5.92 Å². The highest BCUT2D eigenvalue weighted by atomic mass is 32.1. The number of H-pyrrole nitrogens is 1. The number of benzene rings is 1. The van der Waals surface area contributed by atoms with E-state index in [2.05, 4.69) is 34.3 Å². The minimum Gasteiger partial charge on any atom is -0.363 e. The third kappa shape index (κ3) is 3.18. The molecule has 4 nitrogen and oxygen atoms in total. The predicted molar refractivity (Wildman–Crippen MR) is 90.5 cm³/mol. The fraction of sp³-hybridized carbons (Fsp3) is 0.500. The summed E-state index contributed by atoms with van der Waals surface area (Å²) in [7, 11) is 0. The standard InChI is InChI=1S/C16H22N4S/c1-2-9-17-16(21)20-10-7-12(8-11-20)15-18-13-5-3-4-6-14(13)19-15/h3-6,12H,2,7-11H2,1H3,(H,17,21)(H,18,19). The lowest BCUT2D eigenvalue weighted by Crippen LogP contribution is -2.44. The van der Waals surface area contributed by atoms with Crippen LogP contribution in [0.15, 0.2) is 24.3 Å². The molecular formula is C16H22N4S. The molecule has 21 heavy (non-hydrogen) atoms. The number of imidazole rings is 1. The maximum atomic E-state index is 5.44. The summed E-state index contributed by atoms with van der Waals surface area (Å²) in [5.41, 5.74) is 2.20. The van der Waals surface area contributed by atoms with E-state index < -0.39 is 0 Å². The summed E-state index contributed by atoms with van der Waals surface area (Å²) in [5, 5.41) is 4.21. The van der Waals surface area contributed by atoms with Gasteiger partial charge in [0.25, 0.3) is 0 Å². The summed E-state index contributed by atoms with van der Waals surface area (Å²) in [6, 6.07) is 8.23. The lowest BCUT2D eigenvalue weighted by Gasteiger charge is -2.33. The third-order valence-corrected chi connectivity index (χ3v) is 4.51. The average molecular weight is 302 g/mol. The molecule has 2 heterocycles. The van der Waals surface area contributed by atoms with Crippen molar-refractivity contribution in [3.63, 3.8) is 0 Å². The van der Waals surface area contributed by atoms with Crippen LogP contribution in [0.2, 0.25) is 0 Å². The molecule has 1 fully saturated rings. The van der Waals surface area contributed by atoms with E-state index in [4.69, 9.17) is 17.2 Å². The molecule has 1 aliphatic rings. The topological polar surface area (TPSA) is 44.0 Å². The Morgan fingerprint density at radius 2 is 2.14 bits per heavy atom. The van der Waals surface area contributed by atoms with Crippen molar-refractivity contribution < 1.29 is 0 Å². The van der Waals surface area contributed by atoms with Crippen LogP contribution in [0, 0.1) is 0 Å². The van der Waals surface area contributed by atoms with Crippen molar-refractivity contribution >= 4 is 28.4 Å². The van der Waals surface area contributed by atoms with E-state index in [1.807, 2.05) is 12.1 Å². The number of piperidine rings is 1. The summed E-state index contributed by atoms with van der Waals surface area (Å²) in [6.45, 7) is 5.14. The van der Waals surface area contributed by atoms with Crippen LogP contribution in [-0.4, -0.2) is 39.6 Å². The average Bonchev–Trinajstić information content (AvgIpc) is 2.96. The van der Waals surface area contributed by atoms with Gasteiger partial charge in [-0.1, -0.05) is 19.1 Å². The molecule has 112 valence electrons. The van der Waals surface area contributed by atoms with Crippen LogP contribution in [0.25, 0.3) is 11.0 Å². The van der Waals surface area contributed by atoms with E-state index in [0.717, 1.165) is 60.9 Å².